The number of hydrogen-bond acceptors (Lipinski definition) is 4. The highest BCUT2D eigenvalue weighted by Gasteiger charge is 2.12. The lowest BCUT2D eigenvalue weighted by Gasteiger charge is -2.15. The van der Waals surface area contributed by atoms with Crippen molar-refractivity contribution in [2.45, 2.75) is 50.5 Å². The molecular weight excluding hydrogens is 270 g/mol. The number of unbranched alkanes of at least 4 members (excludes halogenated alkanes) is 2. The second kappa shape index (κ2) is 9.14. The number of methoxy groups -OCH3 is 2. The molecule has 0 spiro atoms. The van der Waals surface area contributed by atoms with E-state index in [-0.39, 0.29) is 6.04 Å². The Hall–Kier alpha value is -0.870. The van der Waals surface area contributed by atoms with E-state index in [2.05, 4.69) is 19.1 Å². The van der Waals surface area contributed by atoms with E-state index in [1.165, 1.54) is 19.3 Å². The van der Waals surface area contributed by atoms with E-state index in [1.54, 1.807) is 14.2 Å². The second-order valence-corrected chi connectivity index (χ2v) is 6.19. The molecular formula is C16H27NO2S. The summed E-state index contributed by atoms with van der Waals surface area (Å²) in [6.07, 6.45) is 4.54. The maximum atomic E-state index is 5.89. The van der Waals surface area contributed by atoms with Gasteiger partial charge in [0.05, 0.1) is 19.1 Å². The first-order chi connectivity index (χ1) is 9.62. The fraction of sp³-hybridized carbons (Fsp3) is 0.625. The van der Waals surface area contributed by atoms with Gasteiger partial charge in [-0.3, -0.25) is 0 Å². The number of nitrogens with two attached hydrogens (primary N) is 1. The Kier molecular flexibility index (Phi) is 7.85. The van der Waals surface area contributed by atoms with Gasteiger partial charge in [-0.15, -0.1) is 11.8 Å². The molecule has 2 N–H and O–H groups in total. The number of rotatable bonds is 9. The molecule has 0 amide bonds. The highest BCUT2D eigenvalue weighted by atomic mass is 32.2. The first-order valence-corrected chi connectivity index (χ1v) is 8.24. The molecule has 1 unspecified atom stereocenters. The molecule has 0 saturated carbocycles. The van der Waals surface area contributed by atoms with Crippen LogP contribution in [0.2, 0.25) is 0 Å². The van der Waals surface area contributed by atoms with Crippen molar-refractivity contribution >= 4 is 11.8 Å². The van der Waals surface area contributed by atoms with Gasteiger partial charge in [-0.1, -0.05) is 19.8 Å². The molecule has 1 aromatic rings. The zero-order chi connectivity index (χ0) is 15.0. The van der Waals surface area contributed by atoms with Crippen LogP contribution in [0.4, 0.5) is 0 Å². The van der Waals surface area contributed by atoms with Crippen LogP contribution >= 0.6 is 11.8 Å². The molecule has 0 aromatic heterocycles. The van der Waals surface area contributed by atoms with Crippen LogP contribution in [-0.4, -0.2) is 26.0 Å². The van der Waals surface area contributed by atoms with Gasteiger partial charge < -0.3 is 15.2 Å². The third-order valence-corrected chi connectivity index (χ3v) is 4.24. The molecule has 0 saturated heterocycles. The molecule has 0 aliphatic rings. The van der Waals surface area contributed by atoms with Crippen LogP contribution < -0.4 is 15.2 Å². The molecule has 3 nitrogen and oxygen atoms in total. The maximum absolute atomic E-state index is 5.89. The van der Waals surface area contributed by atoms with Crippen molar-refractivity contribution in [2.24, 2.45) is 5.73 Å². The lowest BCUT2D eigenvalue weighted by molar-refractivity contribution is 0.389. The molecule has 20 heavy (non-hydrogen) atoms. The molecule has 1 rings (SSSR count). The van der Waals surface area contributed by atoms with Crippen LogP contribution in [0.3, 0.4) is 0 Å². The van der Waals surface area contributed by atoms with Crippen LogP contribution in [0.5, 0.6) is 11.5 Å². The van der Waals surface area contributed by atoms with Crippen LogP contribution in [0, 0.1) is 0 Å². The standard InChI is InChI=1S/C16H27NO2S/c1-5-6-7-8-20-16-11-14(18-3)13(9-12(2)17)10-15(16)19-4/h10-12H,5-9,17H2,1-4H3. The minimum absolute atomic E-state index is 0.108. The molecule has 114 valence electrons. The second-order valence-electron chi connectivity index (χ2n) is 5.05. The number of ether oxygens (including phenoxy) is 2. The fourth-order valence-corrected chi connectivity index (χ4v) is 3.13. The van der Waals surface area contributed by atoms with Gasteiger partial charge in [-0.05, 0) is 43.2 Å². The molecule has 0 fully saturated rings. The molecule has 0 heterocycles. The van der Waals surface area contributed by atoms with Crippen molar-refractivity contribution in [3.8, 4) is 11.5 Å². The van der Waals surface area contributed by atoms with Crippen LogP contribution in [0.1, 0.15) is 38.7 Å². The van der Waals surface area contributed by atoms with Gasteiger partial charge in [0.15, 0.2) is 0 Å². The van der Waals surface area contributed by atoms with Gasteiger partial charge in [0.1, 0.15) is 11.5 Å². The highest BCUT2D eigenvalue weighted by Crippen LogP contribution is 2.36. The Morgan fingerprint density at radius 2 is 1.85 bits per heavy atom. The van der Waals surface area contributed by atoms with Gasteiger partial charge in [0.25, 0.3) is 0 Å². The van der Waals surface area contributed by atoms with E-state index in [4.69, 9.17) is 15.2 Å². The molecule has 0 aliphatic carbocycles. The van der Waals surface area contributed by atoms with Crippen molar-refractivity contribution in [2.75, 3.05) is 20.0 Å². The molecule has 1 atom stereocenters. The van der Waals surface area contributed by atoms with Crippen molar-refractivity contribution in [1.82, 2.24) is 0 Å². The Morgan fingerprint density at radius 3 is 2.40 bits per heavy atom. The summed E-state index contributed by atoms with van der Waals surface area (Å²) in [4.78, 5) is 1.15. The van der Waals surface area contributed by atoms with Crippen molar-refractivity contribution in [1.29, 1.82) is 0 Å². The molecule has 0 aliphatic heterocycles. The van der Waals surface area contributed by atoms with Gasteiger partial charge in [0, 0.05) is 6.04 Å². The van der Waals surface area contributed by atoms with Crippen LogP contribution in [-0.2, 0) is 6.42 Å². The first kappa shape index (κ1) is 17.2. The predicted molar refractivity (Wildman–Crippen MR) is 87.1 cm³/mol. The van der Waals surface area contributed by atoms with Crippen LogP contribution in [0.15, 0.2) is 17.0 Å². The van der Waals surface area contributed by atoms with Crippen molar-refractivity contribution < 1.29 is 9.47 Å². The summed E-state index contributed by atoms with van der Waals surface area (Å²) < 4.78 is 11.0. The maximum Gasteiger partial charge on any atom is 0.132 e. The third-order valence-electron chi connectivity index (χ3n) is 3.11. The highest BCUT2D eigenvalue weighted by molar-refractivity contribution is 7.99. The van der Waals surface area contributed by atoms with Gasteiger partial charge in [0.2, 0.25) is 0 Å². The Balaban J connectivity index is 2.88. The summed E-state index contributed by atoms with van der Waals surface area (Å²) in [5.74, 6) is 2.93. The van der Waals surface area contributed by atoms with E-state index >= 15 is 0 Å². The average Bonchev–Trinajstić information content (AvgIpc) is 2.43. The van der Waals surface area contributed by atoms with Gasteiger partial charge in [-0.25, -0.2) is 0 Å². The quantitative estimate of drug-likeness (QED) is 0.555. The summed E-state index contributed by atoms with van der Waals surface area (Å²) in [6, 6.07) is 4.24. The van der Waals surface area contributed by atoms with Crippen LogP contribution in [0.25, 0.3) is 0 Å². The van der Waals surface area contributed by atoms with E-state index in [0.717, 1.165) is 34.1 Å². The average molecular weight is 297 g/mol. The summed E-state index contributed by atoms with van der Waals surface area (Å²) >= 11 is 1.83. The number of benzene rings is 1. The summed E-state index contributed by atoms with van der Waals surface area (Å²) in [7, 11) is 3.42. The lowest BCUT2D eigenvalue weighted by atomic mass is 10.1. The smallest absolute Gasteiger partial charge is 0.132 e. The first-order valence-electron chi connectivity index (χ1n) is 7.25. The van der Waals surface area contributed by atoms with Crippen molar-refractivity contribution in [3.05, 3.63) is 17.7 Å². The van der Waals surface area contributed by atoms with E-state index in [1.807, 2.05) is 18.7 Å². The molecule has 1 aromatic carbocycles. The van der Waals surface area contributed by atoms with Gasteiger partial charge in [-0.2, -0.15) is 0 Å². The Morgan fingerprint density at radius 1 is 1.15 bits per heavy atom. The lowest BCUT2D eigenvalue weighted by Crippen LogP contribution is -2.18. The third kappa shape index (κ3) is 5.25. The Labute approximate surface area is 127 Å². The topological polar surface area (TPSA) is 44.5 Å². The Bertz CT molecular complexity index is 408. The minimum Gasteiger partial charge on any atom is -0.496 e. The monoisotopic (exact) mass is 297 g/mol. The number of thioether (sulfide) groups is 1. The summed E-state index contributed by atoms with van der Waals surface area (Å²) in [5, 5.41) is 0. The number of hydrogen-bond donors (Lipinski definition) is 1. The SMILES string of the molecule is CCCCCSc1cc(OC)c(CC(C)N)cc1OC. The van der Waals surface area contributed by atoms with E-state index in [9.17, 15) is 0 Å². The molecule has 4 heteroatoms. The van der Waals surface area contributed by atoms with E-state index < -0.39 is 0 Å². The van der Waals surface area contributed by atoms with Crippen molar-refractivity contribution in [3.63, 3.8) is 0 Å². The normalized spacial score (nSPS) is 12.2. The summed E-state index contributed by atoms with van der Waals surface area (Å²) in [5.41, 5.74) is 7.00. The molecule has 0 radical (unpaired) electrons. The van der Waals surface area contributed by atoms with E-state index in [0.29, 0.717) is 0 Å². The summed E-state index contributed by atoms with van der Waals surface area (Å²) in [6.45, 7) is 4.22. The zero-order valence-corrected chi connectivity index (χ0v) is 13.9. The van der Waals surface area contributed by atoms with Gasteiger partial charge >= 0.3 is 0 Å². The predicted octanol–water partition coefficient (Wildman–Crippen LogP) is 3.88. The molecule has 0 bridgehead atoms. The zero-order valence-electron chi connectivity index (χ0n) is 13.1. The minimum atomic E-state index is 0.108. The fourth-order valence-electron chi connectivity index (χ4n) is 2.09. The largest absolute Gasteiger partial charge is 0.496 e.